The molecule has 0 aliphatic carbocycles. The molecule has 4 aromatic heterocycles. The number of hydrogen-bond acceptors (Lipinski definition) is 6. The van der Waals surface area contributed by atoms with Gasteiger partial charge in [0.2, 0.25) is 5.91 Å². The van der Waals surface area contributed by atoms with Crippen molar-refractivity contribution in [3.05, 3.63) is 94.2 Å². The molecule has 0 bridgehead atoms. The van der Waals surface area contributed by atoms with Crippen molar-refractivity contribution in [3.63, 3.8) is 0 Å². The lowest BCUT2D eigenvalue weighted by atomic mass is 10.1. The summed E-state index contributed by atoms with van der Waals surface area (Å²) < 4.78 is 3.37. The Kier molecular flexibility index (Phi) is 6.36. The lowest BCUT2D eigenvalue weighted by molar-refractivity contribution is -0.116. The molecule has 0 fully saturated rings. The van der Waals surface area contributed by atoms with Crippen LogP contribution in [0.2, 0.25) is 0 Å². The fraction of sp³-hybridized carbons (Fsp3) is 0.160. The maximum atomic E-state index is 13.1. The second-order valence-electron chi connectivity index (χ2n) is 8.06. The van der Waals surface area contributed by atoms with E-state index in [1.165, 1.54) is 4.88 Å². The number of aryl methyl sites for hydroxylation is 1. The molecule has 9 nitrogen and oxygen atoms in total. The quantitative estimate of drug-likeness (QED) is 0.349. The van der Waals surface area contributed by atoms with Crippen LogP contribution in [-0.2, 0) is 24.4 Å². The summed E-state index contributed by atoms with van der Waals surface area (Å²) in [6.45, 7) is 2.92. The van der Waals surface area contributed by atoms with Crippen LogP contribution in [0.1, 0.15) is 26.5 Å². The summed E-state index contributed by atoms with van der Waals surface area (Å²) in [4.78, 5) is 31.1. The van der Waals surface area contributed by atoms with E-state index in [1.54, 1.807) is 46.7 Å². The molecular formula is C25H23N7O2S. The van der Waals surface area contributed by atoms with Crippen molar-refractivity contribution in [2.24, 2.45) is 0 Å². The zero-order valence-corrected chi connectivity index (χ0v) is 19.8. The second-order valence-corrected chi connectivity index (χ2v) is 9.10. The molecule has 35 heavy (non-hydrogen) atoms. The lowest BCUT2D eigenvalue weighted by Crippen LogP contribution is -2.23. The van der Waals surface area contributed by atoms with Gasteiger partial charge in [-0.2, -0.15) is 10.2 Å². The molecule has 0 unspecified atom stereocenters. The third-order valence-corrected chi connectivity index (χ3v) is 6.26. The van der Waals surface area contributed by atoms with Crippen molar-refractivity contribution >= 4 is 39.9 Å². The first kappa shape index (κ1) is 22.5. The summed E-state index contributed by atoms with van der Waals surface area (Å²) >= 11 is 1.66. The summed E-state index contributed by atoms with van der Waals surface area (Å²) in [5.41, 5.74) is 3.49. The summed E-state index contributed by atoms with van der Waals surface area (Å²) in [5.74, 6) is -0.381. The van der Waals surface area contributed by atoms with Crippen LogP contribution >= 0.6 is 11.3 Å². The highest BCUT2D eigenvalue weighted by molar-refractivity contribution is 7.09. The van der Waals surface area contributed by atoms with Crippen molar-refractivity contribution in [1.29, 1.82) is 0 Å². The van der Waals surface area contributed by atoms with E-state index in [1.807, 2.05) is 47.3 Å². The maximum Gasteiger partial charge on any atom is 0.252 e. The Morgan fingerprint density at radius 2 is 2.00 bits per heavy atom. The largest absolute Gasteiger partial charge is 0.348 e. The predicted molar refractivity (Wildman–Crippen MR) is 134 cm³/mol. The Bertz CT molecular complexity index is 1470. The van der Waals surface area contributed by atoms with Gasteiger partial charge >= 0.3 is 0 Å². The predicted octanol–water partition coefficient (Wildman–Crippen LogP) is 3.61. The van der Waals surface area contributed by atoms with Gasteiger partial charge in [0.05, 0.1) is 23.7 Å². The molecule has 1 aromatic carbocycles. The van der Waals surface area contributed by atoms with E-state index in [0.29, 0.717) is 35.4 Å². The number of thiophene rings is 1. The first-order valence-corrected chi connectivity index (χ1v) is 11.9. The summed E-state index contributed by atoms with van der Waals surface area (Å²) in [5, 5.41) is 17.1. The Labute approximate surface area is 205 Å². The third kappa shape index (κ3) is 5.28. The Hall–Kier alpha value is -4.31. The van der Waals surface area contributed by atoms with Crippen LogP contribution in [0.25, 0.3) is 11.0 Å². The number of carbonyl (C=O) groups excluding carboxylic acids is 2. The van der Waals surface area contributed by atoms with E-state index in [0.717, 1.165) is 11.3 Å². The first-order valence-electron chi connectivity index (χ1n) is 11.0. The van der Waals surface area contributed by atoms with E-state index >= 15 is 0 Å². The van der Waals surface area contributed by atoms with Gasteiger partial charge in [-0.1, -0.05) is 18.2 Å². The number of anilines is 1. The van der Waals surface area contributed by atoms with Gasteiger partial charge in [0.25, 0.3) is 5.91 Å². The molecule has 10 heteroatoms. The van der Waals surface area contributed by atoms with E-state index in [9.17, 15) is 9.59 Å². The Balaban J connectivity index is 1.27. The average Bonchev–Trinajstić information content (AvgIpc) is 3.61. The van der Waals surface area contributed by atoms with Crippen molar-refractivity contribution in [1.82, 2.24) is 29.9 Å². The van der Waals surface area contributed by atoms with Gasteiger partial charge in [-0.15, -0.1) is 11.3 Å². The molecule has 4 heterocycles. The topological polar surface area (TPSA) is 107 Å². The van der Waals surface area contributed by atoms with Crippen LogP contribution in [0, 0.1) is 6.92 Å². The molecule has 176 valence electrons. The van der Waals surface area contributed by atoms with Crippen molar-refractivity contribution < 1.29 is 9.59 Å². The highest BCUT2D eigenvalue weighted by Crippen LogP contribution is 2.21. The summed E-state index contributed by atoms with van der Waals surface area (Å²) in [6.07, 6.45) is 5.05. The number of nitrogens with zero attached hydrogens (tertiary/aromatic N) is 5. The SMILES string of the molecule is Cc1cc(C(=O)NCc2cccc(NC(=O)Cn3cccn3)c2)c2cnn(Cc3cccs3)c2n1. The van der Waals surface area contributed by atoms with E-state index in [-0.39, 0.29) is 18.4 Å². The molecule has 0 saturated heterocycles. The van der Waals surface area contributed by atoms with Crippen LogP contribution in [0.5, 0.6) is 0 Å². The van der Waals surface area contributed by atoms with Gasteiger partial charge in [0.15, 0.2) is 5.65 Å². The number of nitrogens with one attached hydrogen (secondary N) is 2. The van der Waals surface area contributed by atoms with Crippen molar-refractivity contribution in [2.45, 2.75) is 26.6 Å². The number of hydrogen-bond donors (Lipinski definition) is 2. The molecule has 0 aliphatic rings. The van der Waals surface area contributed by atoms with Gasteiger partial charge in [0, 0.05) is 35.2 Å². The molecule has 0 radical (unpaired) electrons. The summed E-state index contributed by atoms with van der Waals surface area (Å²) in [7, 11) is 0. The normalized spacial score (nSPS) is 11.0. The van der Waals surface area contributed by atoms with Gasteiger partial charge < -0.3 is 10.6 Å². The highest BCUT2D eigenvalue weighted by Gasteiger charge is 2.16. The number of rotatable bonds is 8. The van der Waals surface area contributed by atoms with Crippen LogP contribution in [0.4, 0.5) is 5.69 Å². The standard InChI is InChI=1S/C25H23N7O2S/c1-17-11-21(22-14-28-32(24(22)29-17)15-20-7-3-10-35-20)25(34)26-13-18-5-2-6-19(12-18)30-23(33)16-31-9-4-8-27-31/h2-12,14H,13,15-16H2,1H3,(H,26,34)(H,30,33). The molecule has 0 aliphatic heterocycles. The number of benzene rings is 1. The van der Waals surface area contributed by atoms with Gasteiger partial charge in [0.1, 0.15) is 6.54 Å². The minimum absolute atomic E-state index is 0.130. The Morgan fingerprint density at radius 3 is 2.80 bits per heavy atom. The Morgan fingerprint density at radius 1 is 1.09 bits per heavy atom. The van der Waals surface area contributed by atoms with Crippen molar-refractivity contribution in [3.8, 4) is 0 Å². The monoisotopic (exact) mass is 485 g/mol. The van der Waals surface area contributed by atoms with Crippen LogP contribution in [0.15, 0.2) is 72.5 Å². The highest BCUT2D eigenvalue weighted by atomic mass is 32.1. The zero-order chi connectivity index (χ0) is 24.2. The first-order chi connectivity index (χ1) is 17.0. The van der Waals surface area contributed by atoms with Crippen LogP contribution < -0.4 is 10.6 Å². The second kappa shape index (κ2) is 9.90. The molecule has 5 aromatic rings. The van der Waals surface area contributed by atoms with Crippen LogP contribution in [0.3, 0.4) is 0 Å². The number of amides is 2. The molecule has 2 amide bonds. The molecule has 0 saturated carbocycles. The minimum atomic E-state index is -0.204. The number of fused-ring (bicyclic) bond motifs is 1. The van der Waals surface area contributed by atoms with E-state index in [2.05, 4.69) is 31.9 Å². The third-order valence-electron chi connectivity index (χ3n) is 5.40. The fourth-order valence-electron chi connectivity index (χ4n) is 3.80. The van der Waals surface area contributed by atoms with E-state index in [4.69, 9.17) is 0 Å². The van der Waals surface area contributed by atoms with Gasteiger partial charge in [-0.3, -0.25) is 14.3 Å². The smallest absolute Gasteiger partial charge is 0.252 e. The van der Waals surface area contributed by atoms with E-state index < -0.39 is 0 Å². The molecule has 2 N–H and O–H groups in total. The van der Waals surface area contributed by atoms with Gasteiger partial charge in [-0.25, -0.2) is 9.67 Å². The molecule has 5 rings (SSSR count). The molecule has 0 atom stereocenters. The molecular weight excluding hydrogens is 462 g/mol. The number of carbonyl (C=O) groups is 2. The zero-order valence-electron chi connectivity index (χ0n) is 19.0. The number of pyridine rings is 1. The maximum absolute atomic E-state index is 13.1. The average molecular weight is 486 g/mol. The fourth-order valence-corrected chi connectivity index (χ4v) is 4.49. The van der Waals surface area contributed by atoms with Crippen molar-refractivity contribution in [2.75, 3.05) is 5.32 Å². The lowest BCUT2D eigenvalue weighted by Gasteiger charge is -2.10. The minimum Gasteiger partial charge on any atom is -0.348 e. The summed E-state index contributed by atoms with van der Waals surface area (Å²) in [6, 6.07) is 15.0. The van der Waals surface area contributed by atoms with Crippen LogP contribution in [-0.4, -0.2) is 36.4 Å². The van der Waals surface area contributed by atoms with Gasteiger partial charge in [-0.05, 0) is 48.2 Å². The number of aromatic nitrogens is 5. The molecule has 0 spiro atoms.